The third-order valence-electron chi connectivity index (χ3n) is 11.7. The fourth-order valence-corrected chi connectivity index (χ4v) is 7.92. The molecular formula is C51H97NO5. The second-order valence-corrected chi connectivity index (χ2v) is 17.4. The van der Waals surface area contributed by atoms with Crippen molar-refractivity contribution in [3.8, 4) is 0 Å². The van der Waals surface area contributed by atoms with E-state index in [2.05, 4.69) is 31.3 Å². The number of carbonyl (C=O) groups is 3. The summed E-state index contributed by atoms with van der Waals surface area (Å²) in [5.74, 6) is -1.21. The van der Waals surface area contributed by atoms with Crippen LogP contribution in [0.3, 0.4) is 0 Å². The summed E-state index contributed by atoms with van der Waals surface area (Å²) in [4.78, 5) is 35.2. The molecule has 0 bridgehead atoms. The van der Waals surface area contributed by atoms with E-state index in [1.807, 2.05) is 0 Å². The number of ether oxygens (including phenoxy) is 1. The molecule has 2 N–H and O–H groups in total. The van der Waals surface area contributed by atoms with Gasteiger partial charge >= 0.3 is 11.9 Å². The van der Waals surface area contributed by atoms with Crippen LogP contribution in [-0.4, -0.2) is 35.6 Å². The molecule has 0 aromatic heterocycles. The van der Waals surface area contributed by atoms with Gasteiger partial charge in [0.15, 0.2) is 0 Å². The first-order valence-corrected chi connectivity index (χ1v) is 25.3. The highest BCUT2D eigenvalue weighted by Gasteiger charge is 2.14. The van der Waals surface area contributed by atoms with E-state index in [-0.39, 0.29) is 24.5 Å². The molecule has 0 aliphatic heterocycles. The Morgan fingerprint density at radius 3 is 1.12 bits per heavy atom. The molecule has 6 nitrogen and oxygen atoms in total. The highest BCUT2D eigenvalue weighted by molar-refractivity contribution is 5.80. The molecule has 0 aromatic rings. The van der Waals surface area contributed by atoms with E-state index in [0.29, 0.717) is 12.8 Å². The quantitative estimate of drug-likeness (QED) is 0.0363. The first kappa shape index (κ1) is 55.2. The zero-order chi connectivity index (χ0) is 41.5. The summed E-state index contributed by atoms with van der Waals surface area (Å²) in [5, 5.41) is 11.1. The molecule has 0 spiro atoms. The minimum absolute atomic E-state index is 0.00898. The van der Waals surface area contributed by atoms with Gasteiger partial charge in [0.25, 0.3) is 0 Å². The second kappa shape index (κ2) is 46.8. The molecule has 0 heterocycles. The van der Waals surface area contributed by atoms with Crippen LogP contribution in [0.2, 0.25) is 0 Å². The average molecular weight is 804 g/mol. The third kappa shape index (κ3) is 46.7. The fraction of sp³-hybridized carbons (Fsp3) is 0.902. The van der Waals surface area contributed by atoms with Gasteiger partial charge in [-0.3, -0.25) is 14.4 Å². The number of hydrogen-bond acceptors (Lipinski definition) is 4. The molecule has 1 atom stereocenters. The van der Waals surface area contributed by atoms with E-state index in [9.17, 15) is 14.4 Å². The molecule has 0 saturated carbocycles. The van der Waals surface area contributed by atoms with Crippen molar-refractivity contribution < 1.29 is 24.2 Å². The van der Waals surface area contributed by atoms with E-state index in [1.165, 1.54) is 193 Å². The largest absolute Gasteiger partial charge is 0.480 e. The molecule has 0 aromatic carbocycles. The van der Waals surface area contributed by atoms with Crippen molar-refractivity contribution in [2.75, 3.05) is 6.54 Å². The molecule has 0 fully saturated rings. The number of amides is 1. The number of nitrogens with one attached hydrogen (secondary N) is 1. The van der Waals surface area contributed by atoms with Crippen LogP contribution < -0.4 is 5.32 Å². The van der Waals surface area contributed by atoms with Crippen LogP contribution in [0.4, 0.5) is 0 Å². The van der Waals surface area contributed by atoms with Crippen molar-refractivity contribution in [3.05, 3.63) is 12.2 Å². The summed E-state index contributed by atoms with van der Waals surface area (Å²) in [6.07, 6.45) is 56.5. The molecule has 0 aliphatic carbocycles. The van der Waals surface area contributed by atoms with Crippen LogP contribution in [0.5, 0.6) is 0 Å². The van der Waals surface area contributed by atoms with E-state index in [1.54, 1.807) is 0 Å². The van der Waals surface area contributed by atoms with Crippen molar-refractivity contribution in [1.82, 2.24) is 5.32 Å². The zero-order valence-corrected chi connectivity index (χ0v) is 38.2. The number of hydrogen-bond donors (Lipinski definition) is 2. The highest BCUT2D eigenvalue weighted by atomic mass is 16.5. The average Bonchev–Trinajstić information content (AvgIpc) is 3.20. The van der Waals surface area contributed by atoms with Crippen LogP contribution in [0, 0.1) is 0 Å². The number of carboxylic acid groups (broad SMARTS) is 1. The van der Waals surface area contributed by atoms with Gasteiger partial charge in [-0.2, -0.15) is 0 Å². The normalized spacial score (nSPS) is 12.0. The number of allylic oxidation sites excluding steroid dienone is 2. The fourth-order valence-electron chi connectivity index (χ4n) is 7.92. The SMILES string of the molecule is CCCCCCCCCC/C=C\CCCCCCCCCCCCCC(=O)OC(CCCCCCCCCCCCCC)CCCCCCCC(=O)NCC(=O)O. The van der Waals surface area contributed by atoms with Gasteiger partial charge < -0.3 is 15.2 Å². The maximum absolute atomic E-state index is 12.8. The smallest absolute Gasteiger partial charge is 0.322 e. The number of esters is 1. The molecule has 336 valence electrons. The van der Waals surface area contributed by atoms with Gasteiger partial charge in [0.2, 0.25) is 5.91 Å². The van der Waals surface area contributed by atoms with Gasteiger partial charge in [-0.25, -0.2) is 0 Å². The van der Waals surface area contributed by atoms with Gasteiger partial charge in [0.05, 0.1) is 0 Å². The molecule has 0 saturated heterocycles. The predicted octanol–water partition coefficient (Wildman–Crippen LogP) is 16.1. The third-order valence-corrected chi connectivity index (χ3v) is 11.7. The van der Waals surface area contributed by atoms with Gasteiger partial charge in [0.1, 0.15) is 12.6 Å². The monoisotopic (exact) mass is 804 g/mol. The zero-order valence-electron chi connectivity index (χ0n) is 38.2. The predicted molar refractivity (Wildman–Crippen MR) is 245 cm³/mol. The Hall–Kier alpha value is -1.85. The van der Waals surface area contributed by atoms with E-state index >= 15 is 0 Å². The van der Waals surface area contributed by atoms with Crippen LogP contribution in [-0.2, 0) is 19.1 Å². The summed E-state index contributed by atoms with van der Waals surface area (Å²) in [5.41, 5.74) is 0. The lowest BCUT2D eigenvalue weighted by molar-refractivity contribution is -0.150. The van der Waals surface area contributed by atoms with Gasteiger partial charge in [0, 0.05) is 12.8 Å². The van der Waals surface area contributed by atoms with Crippen molar-refractivity contribution in [2.24, 2.45) is 0 Å². The van der Waals surface area contributed by atoms with Crippen molar-refractivity contribution >= 4 is 17.8 Å². The van der Waals surface area contributed by atoms with Crippen LogP contribution >= 0.6 is 0 Å². The Balaban J connectivity index is 3.99. The maximum atomic E-state index is 12.8. The number of carboxylic acids is 1. The molecule has 57 heavy (non-hydrogen) atoms. The Kier molecular flexibility index (Phi) is 45.3. The van der Waals surface area contributed by atoms with Gasteiger partial charge in [-0.1, -0.05) is 219 Å². The van der Waals surface area contributed by atoms with E-state index < -0.39 is 5.97 Å². The van der Waals surface area contributed by atoms with E-state index in [0.717, 1.165) is 64.2 Å². The van der Waals surface area contributed by atoms with E-state index in [4.69, 9.17) is 9.84 Å². The number of unbranched alkanes of at least 4 members (excludes halogenated alkanes) is 34. The summed E-state index contributed by atoms with van der Waals surface area (Å²) in [7, 11) is 0. The van der Waals surface area contributed by atoms with Crippen molar-refractivity contribution in [1.29, 1.82) is 0 Å². The summed E-state index contributed by atoms with van der Waals surface area (Å²) in [6.45, 7) is 4.26. The molecule has 0 aliphatic rings. The molecule has 6 heteroatoms. The Bertz CT molecular complexity index is 889. The lowest BCUT2D eigenvalue weighted by atomic mass is 10.0. The molecule has 0 rings (SSSR count). The summed E-state index contributed by atoms with van der Waals surface area (Å²) in [6, 6.07) is 0. The first-order valence-electron chi connectivity index (χ1n) is 25.3. The van der Waals surface area contributed by atoms with Crippen LogP contribution in [0.1, 0.15) is 284 Å². The molecule has 0 radical (unpaired) electrons. The summed E-state index contributed by atoms with van der Waals surface area (Å²) < 4.78 is 6.06. The molecular weight excluding hydrogens is 707 g/mol. The maximum Gasteiger partial charge on any atom is 0.322 e. The Morgan fingerprint density at radius 1 is 0.439 bits per heavy atom. The Morgan fingerprint density at radius 2 is 0.754 bits per heavy atom. The Labute approximate surface area is 354 Å². The standard InChI is InChI=1S/C51H97NO5/c1-3-5-7-9-11-13-15-17-18-19-20-21-22-23-24-25-26-27-29-31-33-38-42-46-51(56)57-48(43-39-35-32-30-28-16-14-12-10-8-6-4-2)44-40-36-34-37-41-45-49(53)52-47-50(54)55/h19-20,48H,3-18,21-47H2,1-2H3,(H,52,53)(H,54,55)/b20-19-. The lowest BCUT2D eigenvalue weighted by Gasteiger charge is -2.18. The lowest BCUT2D eigenvalue weighted by Crippen LogP contribution is -2.28. The van der Waals surface area contributed by atoms with Crippen LogP contribution in [0.15, 0.2) is 12.2 Å². The highest BCUT2D eigenvalue weighted by Crippen LogP contribution is 2.20. The van der Waals surface area contributed by atoms with Gasteiger partial charge in [-0.05, 0) is 64.2 Å². The second-order valence-electron chi connectivity index (χ2n) is 17.4. The van der Waals surface area contributed by atoms with Crippen molar-refractivity contribution in [2.45, 2.75) is 290 Å². The minimum Gasteiger partial charge on any atom is -0.480 e. The number of rotatable bonds is 47. The first-order chi connectivity index (χ1) is 28.0. The van der Waals surface area contributed by atoms with Gasteiger partial charge in [-0.15, -0.1) is 0 Å². The topological polar surface area (TPSA) is 92.7 Å². The van der Waals surface area contributed by atoms with Crippen molar-refractivity contribution in [3.63, 3.8) is 0 Å². The summed E-state index contributed by atoms with van der Waals surface area (Å²) >= 11 is 0. The minimum atomic E-state index is -1.01. The molecule has 1 amide bonds. The van der Waals surface area contributed by atoms with Crippen LogP contribution in [0.25, 0.3) is 0 Å². The number of carbonyl (C=O) groups excluding carboxylic acids is 2. The molecule has 1 unspecified atom stereocenters. The number of aliphatic carboxylic acids is 1.